The van der Waals surface area contributed by atoms with Crippen molar-refractivity contribution >= 4 is 32.5 Å². The number of nitrogens with zero attached hydrogens (tertiary/aromatic N) is 1. The minimum absolute atomic E-state index is 0.166. The normalized spacial score (nSPS) is 18.9. The monoisotopic (exact) mass is 441 g/mol. The molecule has 8 heteroatoms. The molecular formula is C23H27N3O4S. The van der Waals surface area contributed by atoms with Gasteiger partial charge in [0.05, 0.1) is 10.5 Å². The molecule has 1 amide bonds. The van der Waals surface area contributed by atoms with Gasteiger partial charge in [0.25, 0.3) is 15.9 Å². The fourth-order valence-electron chi connectivity index (χ4n) is 4.01. The third-order valence-electron chi connectivity index (χ3n) is 5.68. The van der Waals surface area contributed by atoms with Gasteiger partial charge in [0.1, 0.15) is 5.69 Å². The molecule has 164 valence electrons. The number of hydrogen-bond acceptors (Lipinski definition) is 4. The molecule has 1 aliphatic rings. The number of aryl methyl sites for hydroxylation is 1. The van der Waals surface area contributed by atoms with Crippen LogP contribution in [0.2, 0.25) is 0 Å². The average Bonchev–Trinajstić information content (AvgIpc) is 3.36. The Morgan fingerprint density at radius 3 is 2.61 bits per heavy atom. The molecule has 0 saturated carbocycles. The van der Waals surface area contributed by atoms with Crippen LogP contribution in [0.25, 0.3) is 10.9 Å². The van der Waals surface area contributed by atoms with E-state index in [9.17, 15) is 13.2 Å². The first kappa shape index (κ1) is 21.4. The maximum Gasteiger partial charge on any atom is 0.268 e. The number of carbonyl (C=O) groups excluding carboxylic acids is 1. The quantitative estimate of drug-likeness (QED) is 0.584. The van der Waals surface area contributed by atoms with Crippen molar-refractivity contribution in [2.75, 3.05) is 17.9 Å². The van der Waals surface area contributed by atoms with Crippen LogP contribution in [0.15, 0.2) is 59.5 Å². The molecule has 0 spiro atoms. The fourth-order valence-corrected chi connectivity index (χ4v) is 5.08. The van der Waals surface area contributed by atoms with E-state index >= 15 is 0 Å². The second-order valence-corrected chi connectivity index (χ2v) is 9.73. The second-order valence-electron chi connectivity index (χ2n) is 8.05. The number of aromatic nitrogens is 1. The Hall–Kier alpha value is -2.84. The summed E-state index contributed by atoms with van der Waals surface area (Å²) in [5.74, 6) is -0.166. The van der Waals surface area contributed by atoms with Crippen LogP contribution in [0.3, 0.4) is 0 Å². The van der Waals surface area contributed by atoms with Gasteiger partial charge < -0.3 is 14.6 Å². The molecule has 2 aromatic carbocycles. The van der Waals surface area contributed by atoms with Gasteiger partial charge in [-0.1, -0.05) is 18.2 Å². The summed E-state index contributed by atoms with van der Waals surface area (Å²) in [6.07, 6.45) is 1.93. The molecule has 3 aromatic rings. The van der Waals surface area contributed by atoms with Gasteiger partial charge in [-0.3, -0.25) is 9.52 Å². The van der Waals surface area contributed by atoms with Gasteiger partial charge in [0.2, 0.25) is 0 Å². The van der Waals surface area contributed by atoms with Crippen molar-refractivity contribution in [3.05, 3.63) is 60.3 Å². The van der Waals surface area contributed by atoms with E-state index in [1.54, 1.807) is 48.5 Å². The van der Waals surface area contributed by atoms with E-state index in [-0.39, 0.29) is 16.4 Å². The molecule has 1 fully saturated rings. The van der Waals surface area contributed by atoms with Crippen LogP contribution in [-0.4, -0.2) is 37.6 Å². The average molecular weight is 442 g/mol. The van der Waals surface area contributed by atoms with Gasteiger partial charge in [-0.2, -0.15) is 0 Å². The van der Waals surface area contributed by atoms with Gasteiger partial charge in [-0.25, -0.2) is 8.42 Å². The largest absolute Gasteiger partial charge is 0.373 e. The van der Waals surface area contributed by atoms with Gasteiger partial charge in [0, 0.05) is 36.3 Å². The highest BCUT2D eigenvalue weighted by Crippen LogP contribution is 2.27. The SMILES string of the molecule is CCn1c(C(=O)NCC2(C)CCCO2)cc2cc(NS(=O)(=O)c3ccccc3)ccc21. The fraction of sp³-hybridized carbons (Fsp3) is 0.348. The third kappa shape index (κ3) is 4.45. The molecule has 2 N–H and O–H groups in total. The van der Waals surface area contributed by atoms with E-state index in [1.165, 1.54) is 0 Å². The number of fused-ring (bicyclic) bond motifs is 1. The Labute approximate surface area is 182 Å². The van der Waals surface area contributed by atoms with Crippen LogP contribution in [-0.2, 0) is 21.3 Å². The van der Waals surface area contributed by atoms with Crippen molar-refractivity contribution in [3.63, 3.8) is 0 Å². The number of hydrogen-bond donors (Lipinski definition) is 2. The first-order valence-corrected chi connectivity index (χ1v) is 11.9. The molecule has 0 bridgehead atoms. The Bertz CT molecular complexity index is 1200. The van der Waals surface area contributed by atoms with Crippen LogP contribution in [0, 0.1) is 0 Å². The van der Waals surface area contributed by atoms with Crippen LogP contribution in [0.5, 0.6) is 0 Å². The molecule has 1 unspecified atom stereocenters. The summed E-state index contributed by atoms with van der Waals surface area (Å²) < 4.78 is 35.5. The van der Waals surface area contributed by atoms with Crippen molar-refractivity contribution in [2.45, 2.75) is 43.7 Å². The molecule has 0 aliphatic carbocycles. The van der Waals surface area contributed by atoms with Gasteiger partial charge in [-0.15, -0.1) is 0 Å². The van der Waals surface area contributed by atoms with Crippen LogP contribution >= 0.6 is 0 Å². The number of benzene rings is 2. The number of sulfonamides is 1. The molecule has 4 rings (SSSR count). The minimum atomic E-state index is -3.68. The lowest BCUT2D eigenvalue weighted by atomic mass is 10.0. The maximum absolute atomic E-state index is 12.9. The number of anilines is 1. The molecule has 7 nitrogen and oxygen atoms in total. The molecule has 1 aliphatic heterocycles. The maximum atomic E-state index is 12.9. The first-order chi connectivity index (χ1) is 14.8. The number of nitrogens with one attached hydrogen (secondary N) is 2. The first-order valence-electron chi connectivity index (χ1n) is 10.4. The molecular weight excluding hydrogens is 414 g/mol. The van der Waals surface area contributed by atoms with Gasteiger partial charge in [-0.05, 0) is 63.1 Å². The summed E-state index contributed by atoms with van der Waals surface area (Å²) in [5, 5.41) is 3.79. The highest BCUT2D eigenvalue weighted by atomic mass is 32.2. The van der Waals surface area contributed by atoms with E-state index in [0.717, 1.165) is 30.4 Å². The Balaban J connectivity index is 1.58. The van der Waals surface area contributed by atoms with Crippen molar-refractivity contribution in [3.8, 4) is 0 Å². The van der Waals surface area contributed by atoms with E-state index in [2.05, 4.69) is 10.0 Å². The minimum Gasteiger partial charge on any atom is -0.373 e. The van der Waals surface area contributed by atoms with E-state index < -0.39 is 10.0 Å². The smallest absolute Gasteiger partial charge is 0.268 e. The van der Waals surface area contributed by atoms with Crippen LogP contribution < -0.4 is 10.0 Å². The van der Waals surface area contributed by atoms with Gasteiger partial charge in [0.15, 0.2) is 0 Å². The predicted molar refractivity (Wildman–Crippen MR) is 121 cm³/mol. The number of carbonyl (C=O) groups is 1. The van der Waals surface area contributed by atoms with Crippen molar-refractivity contribution in [1.82, 2.24) is 9.88 Å². The Kier molecular flexibility index (Phi) is 5.77. The summed E-state index contributed by atoms with van der Waals surface area (Å²) >= 11 is 0. The zero-order valence-electron chi connectivity index (χ0n) is 17.7. The van der Waals surface area contributed by atoms with E-state index in [0.29, 0.717) is 24.5 Å². The summed E-state index contributed by atoms with van der Waals surface area (Å²) in [6, 6.07) is 15.3. The molecule has 1 atom stereocenters. The highest BCUT2D eigenvalue weighted by molar-refractivity contribution is 7.92. The molecule has 0 radical (unpaired) electrons. The number of amides is 1. The summed E-state index contributed by atoms with van der Waals surface area (Å²) in [5.41, 5.74) is 1.55. The number of rotatable bonds is 7. The molecule has 2 heterocycles. The van der Waals surface area contributed by atoms with Gasteiger partial charge >= 0.3 is 0 Å². The van der Waals surface area contributed by atoms with Crippen molar-refractivity contribution < 1.29 is 17.9 Å². The summed E-state index contributed by atoms with van der Waals surface area (Å²) in [7, 11) is -3.68. The zero-order valence-corrected chi connectivity index (χ0v) is 18.5. The Morgan fingerprint density at radius 1 is 1.16 bits per heavy atom. The molecule has 31 heavy (non-hydrogen) atoms. The summed E-state index contributed by atoms with van der Waals surface area (Å²) in [4.78, 5) is 13.1. The second kappa shape index (κ2) is 8.36. The third-order valence-corrected chi connectivity index (χ3v) is 7.08. The predicted octanol–water partition coefficient (Wildman–Crippen LogP) is 3.76. The Morgan fingerprint density at radius 2 is 1.94 bits per heavy atom. The highest BCUT2D eigenvalue weighted by Gasteiger charge is 2.30. The van der Waals surface area contributed by atoms with E-state index in [1.807, 2.05) is 24.5 Å². The summed E-state index contributed by atoms with van der Waals surface area (Å²) in [6.45, 7) is 5.79. The lowest BCUT2D eigenvalue weighted by molar-refractivity contribution is 0.0205. The standard InChI is InChI=1S/C23H27N3O4S/c1-3-26-20-11-10-18(25-31(28,29)19-8-5-4-6-9-19)14-17(20)15-21(26)22(27)24-16-23(2)12-7-13-30-23/h4-6,8-11,14-15,25H,3,7,12-13,16H2,1-2H3,(H,24,27). The zero-order chi connectivity index (χ0) is 22.1. The van der Waals surface area contributed by atoms with Crippen molar-refractivity contribution in [2.24, 2.45) is 0 Å². The topological polar surface area (TPSA) is 89.4 Å². The number of ether oxygens (including phenoxy) is 1. The molecule has 1 aromatic heterocycles. The van der Waals surface area contributed by atoms with E-state index in [4.69, 9.17) is 4.74 Å². The van der Waals surface area contributed by atoms with Crippen LogP contribution in [0.1, 0.15) is 37.2 Å². The van der Waals surface area contributed by atoms with Crippen LogP contribution in [0.4, 0.5) is 5.69 Å². The van der Waals surface area contributed by atoms with Crippen molar-refractivity contribution in [1.29, 1.82) is 0 Å². The lowest BCUT2D eigenvalue weighted by Crippen LogP contribution is -2.40. The lowest BCUT2D eigenvalue weighted by Gasteiger charge is -2.23. The molecule has 1 saturated heterocycles.